The Hall–Kier alpha value is -1.77. The third kappa shape index (κ3) is 3.21. The van der Waals surface area contributed by atoms with Gasteiger partial charge in [0.1, 0.15) is 5.54 Å². The summed E-state index contributed by atoms with van der Waals surface area (Å²) < 4.78 is 59.3. The first-order chi connectivity index (χ1) is 8.88. The third-order valence-electron chi connectivity index (χ3n) is 2.54. The second-order valence-corrected chi connectivity index (χ2v) is 6.53. The largest absolute Gasteiger partial charge is 0.501 e. The number of primary amides is 1. The predicted molar refractivity (Wildman–Crippen MR) is 66.6 cm³/mol. The zero-order chi connectivity index (χ0) is 15.8. The summed E-state index contributed by atoms with van der Waals surface area (Å²) in [6.07, 6.45) is 0. The number of hydrogen-bond acceptors (Lipinski definition) is 4. The van der Waals surface area contributed by atoms with Crippen molar-refractivity contribution in [3.05, 3.63) is 24.3 Å². The van der Waals surface area contributed by atoms with Gasteiger partial charge in [0.05, 0.1) is 4.90 Å². The molecule has 0 aromatic heterocycles. The first-order valence-electron chi connectivity index (χ1n) is 5.37. The molecule has 1 rings (SSSR count). The van der Waals surface area contributed by atoms with E-state index in [2.05, 4.69) is 5.32 Å². The van der Waals surface area contributed by atoms with Crippen molar-refractivity contribution in [3.8, 4) is 0 Å². The average Bonchev–Trinajstić information content (AvgIpc) is 2.27. The Bertz CT molecular complexity index is 607. The van der Waals surface area contributed by atoms with Crippen LogP contribution in [-0.2, 0) is 14.6 Å². The van der Waals surface area contributed by atoms with Gasteiger partial charge in [-0.25, -0.2) is 8.42 Å². The second-order valence-electron chi connectivity index (χ2n) is 4.59. The fourth-order valence-electron chi connectivity index (χ4n) is 1.27. The van der Waals surface area contributed by atoms with Crippen LogP contribution in [0.25, 0.3) is 0 Å². The van der Waals surface area contributed by atoms with Crippen LogP contribution in [0.3, 0.4) is 0 Å². The molecule has 20 heavy (non-hydrogen) atoms. The maximum Gasteiger partial charge on any atom is 0.501 e. The molecular formula is C11H13F3N2O3S. The summed E-state index contributed by atoms with van der Waals surface area (Å²) in [5, 5.41) is 2.68. The molecule has 0 bridgehead atoms. The summed E-state index contributed by atoms with van der Waals surface area (Å²) in [6.45, 7) is 2.96. The molecule has 1 amide bonds. The van der Waals surface area contributed by atoms with E-state index in [0.717, 1.165) is 24.3 Å². The van der Waals surface area contributed by atoms with Crippen LogP contribution in [0.5, 0.6) is 0 Å². The smallest absolute Gasteiger partial charge is 0.372 e. The number of alkyl halides is 3. The van der Waals surface area contributed by atoms with Gasteiger partial charge in [0.15, 0.2) is 0 Å². The normalized spacial score (nSPS) is 13.1. The minimum atomic E-state index is -5.37. The van der Waals surface area contributed by atoms with Crippen LogP contribution in [0.15, 0.2) is 29.2 Å². The van der Waals surface area contributed by atoms with Crippen molar-refractivity contribution in [3.63, 3.8) is 0 Å². The molecule has 0 aliphatic rings. The van der Waals surface area contributed by atoms with Gasteiger partial charge in [-0.3, -0.25) is 4.79 Å². The minimum Gasteiger partial charge on any atom is -0.372 e. The number of carbonyl (C=O) groups excluding carboxylic acids is 1. The van der Waals surface area contributed by atoms with E-state index in [-0.39, 0.29) is 5.69 Å². The zero-order valence-corrected chi connectivity index (χ0v) is 11.5. The Balaban J connectivity index is 3.05. The maximum atomic E-state index is 12.3. The van der Waals surface area contributed by atoms with Gasteiger partial charge in [0.25, 0.3) is 9.84 Å². The lowest BCUT2D eigenvalue weighted by Crippen LogP contribution is -2.45. The monoisotopic (exact) mass is 310 g/mol. The molecule has 3 N–H and O–H groups in total. The summed E-state index contributed by atoms with van der Waals surface area (Å²) in [5.41, 5.74) is -1.07. The Morgan fingerprint density at radius 1 is 1.15 bits per heavy atom. The van der Waals surface area contributed by atoms with E-state index in [4.69, 9.17) is 5.73 Å². The molecule has 0 fully saturated rings. The Morgan fingerprint density at radius 3 is 1.95 bits per heavy atom. The second kappa shape index (κ2) is 4.97. The van der Waals surface area contributed by atoms with Gasteiger partial charge in [-0.1, -0.05) is 0 Å². The van der Waals surface area contributed by atoms with Crippen LogP contribution < -0.4 is 11.1 Å². The van der Waals surface area contributed by atoms with Gasteiger partial charge in [0, 0.05) is 5.69 Å². The van der Waals surface area contributed by atoms with E-state index in [0.29, 0.717) is 0 Å². The highest BCUT2D eigenvalue weighted by atomic mass is 32.2. The molecule has 5 nitrogen and oxygen atoms in total. The Labute approximate surface area is 113 Å². The first-order valence-corrected chi connectivity index (χ1v) is 6.86. The molecule has 0 aliphatic heterocycles. The molecule has 1 aromatic rings. The van der Waals surface area contributed by atoms with Crippen molar-refractivity contribution in [2.24, 2.45) is 5.73 Å². The van der Waals surface area contributed by atoms with Crippen LogP contribution in [0.1, 0.15) is 13.8 Å². The number of anilines is 1. The third-order valence-corrected chi connectivity index (χ3v) is 4.04. The van der Waals surface area contributed by atoms with Crippen molar-refractivity contribution in [2.75, 3.05) is 5.32 Å². The minimum absolute atomic E-state index is 0.273. The van der Waals surface area contributed by atoms with Crippen molar-refractivity contribution >= 4 is 21.4 Å². The lowest BCUT2D eigenvalue weighted by Gasteiger charge is -2.23. The van der Waals surface area contributed by atoms with Gasteiger partial charge >= 0.3 is 5.51 Å². The van der Waals surface area contributed by atoms with Crippen LogP contribution in [0, 0.1) is 0 Å². The fraction of sp³-hybridized carbons (Fsp3) is 0.364. The lowest BCUT2D eigenvalue weighted by atomic mass is 10.0. The SMILES string of the molecule is CC(C)(Nc1ccc(S(=O)(=O)C(F)(F)F)cc1)C(N)=O. The average molecular weight is 310 g/mol. The highest BCUT2D eigenvalue weighted by molar-refractivity contribution is 7.92. The first kappa shape index (κ1) is 16.3. The summed E-state index contributed by atoms with van der Waals surface area (Å²) >= 11 is 0. The van der Waals surface area contributed by atoms with Gasteiger partial charge < -0.3 is 11.1 Å². The Kier molecular flexibility index (Phi) is 4.04. The summed E-state index contributed by atoms with van der Waals surface area (Å²) in [7, 11) is -5.37. The molecule has 9 heteroatoms. The van der Waals surface area contributed by atoms with Crippen LogP contribution >= 0.6 is 0 Å². The van der Waals surface area contributed by atoms with Crippen molar-refractivity contribution in [2.45, 2.75) is 29.8 Å². The molecule has 0 aliphatic carbocycles. The van der Waals surface area contributed by atoms with Gasteiger partial charge in [0.2, 0.25) is 5.91 Å². The Morgan fingerprint density at radius 2 is 1.60 bits per heavy atom. The van der Waals surface area contributed by atoms with E-state index in [9.17, 15) is 26.4 Å². The van der Waals surface area contributed by atoms with Gasteiger partial charge in [-0.2, -0.15) is 13.2 Å². The number of carbonyl (C=O) groups is 1. The number of sulfone groups is 1. The molecule has 0 saturated carbocycles. The number of amides is 1. The van der Waals surface area contributed by atoms with Crippen LogP contribution in [0.4, 0.5) is 18.9 Å². The highest BCUT2D eigenvalue weighted by Gasteiger charge is 2.46. The highest BCUT2D eigenvalue weighted by Crippen LogP contribution is 2.30. The van der Waals surface area contributed by atoms with Gasteiger partial charge in [-0.05, 0) is 38.1 Å². The van der Waals surface area contributed by atoms with Crippen LogP contribution in [-0.4, -0.2) is 25.4 Å². The van der Waals surface area contributed by atoms with E-state index >= 15 is 0 Å². The summed E-state index contributed by atoms with van der Waals surface area (Å²) in [5.74, 6) is -0.663. The number of benzene rings is 1. The zero-order valence-electron chi connectivity index (χ0n) is 10.7. The van der Waals surface area contributed by atoms with E-state index < -0.39 is 31.7 Å². The molecule has 0 atom stereocenters. The number of rotatable bonds is 4. The number of nitrogens with two attached hydrogens (primary N) is 1. The standard InChI is InChI=1S/C11H13F3N2O3S/c1-10(2,9(15)17)16-7-3-5-8(6-4-7)20(18,19)11(12,13)14/h3-6,16H,1-2H3,(H2,15,17). The van der Waals surface area contributed by atoms with E-state index in [1.54, 1.807) is 0 Å². The topological polar surface area (TPSA) is 89.3 Å². The molecule has 0 spiro atoms. The number of halogens is 3. The molecule has 112 valence electrons. The number of hydrogen-bond donors (Lipinski definition) is 2. The summed E-state index contributed by atoms with van der Waals surface area (Å²) in [4.78, 5) is 10.2. The van der Waals surface area contributed by atoms with E-state index in [1.807, 2.05) is 0 Å². The fourth-order valence-corrected chi connectivity index (χ4v) is 2.04. The number of nitrogens with one attached hydrogen (secondary N) is 1. The molecule has 0 heterocycles. The molecule has 1 aromatic carbocycles. The van der Waals surface area contributed by atoms with Crippen LogP contribution in [0.2, 0.25) is 0 Å². The molecule has 0 unspecified atom stereocenters. The molecule has 0 radical (unpaired) electrons. The van der Waals surface area contributed by atoms with Crippen molar-refractivity contribution in [1.29, 1.82) is 0 Å². The maximum absolute atomic E-state index is 12.3. The molecule has 0 saturated heterocycles. The lowest BCUT2D eigenvalue weighted by molar-refractivity contribution is -0.121. The predicted octanol–water partition coefficient (Wildman–Crippen LogP) is 1.66. The summed E-state index contributed by atoms with van der Waals surface area (Å²) in [6, 6.07) is 3.87. The van der Waals surface area contributed by atoms with Crippen molar-refractivity contribution < 1.29 is 26.4 Å². The van der Waals surface area contributed by atoms with Crippen molar-refractivity contribution in [1.82, 2.24) is 0 Å². The quantitative estimate of drug-likeness (QED) is 0.885. The molecular weight excluding hydrogens is 297 g/mol. The van der Waals surface area contributed by atoms with Gasteiger partial charge in [-0.15, -0.1) is 0 Å². The van der Waals surface area contributed by atoms with E-state index in [1.165, 1.54) is 13.8 Å².